The molecule has 0 aliphatic carbocycles. The van der Waals surface area contributed by atoms with E-state index in [4.69, 9.17) is 16.3 Å². The highest BCUT2D eigenvalue weighted by Gasteiger charge is 2.35. The lowest BCUT2D eigenvalue weighted by molar-refractivity contribution is -0.126. The van der Waals surface area contributed by atoms with Gasteiger partial charge in [0, 0.05) is 30.2 Å². The number of nitrogens with one attached hydrogen (secondary N) is 1. The number of anilines is 1. The second kappa shape index (κ2) is 8.23. The van der Waals surface area contributed by atoms with Gasteiger partial charge in [0.25, 0.3) is 0 Å². The monoisotopic (exact) mass is 372 g/mol. The summed E-state index contributed by atoms with van der Waals surface area (Å²) in [4.78, 5) is 26.3. The standard InChI is InChI=1S/C20H21ClN2O3/c1-2-26-18-8-6-14(7-9-18)12-22-20(25)15-10-19(24)23(13-15)17-5-3-4-16(21)11-17/h3-9,11,15H,2,10,12-13H2,1H3,(H,22,25)/t15-/m1/s1. The Morgan fingerprint density at radius 2 is 2.04 bits per heavy atom. The van der Waals surface area contributed by atoms with Gasteiger partial charge in [0.1, 0.15) is 5.75 Å². The lowest BCUT2D eigenvalue weighted by atomic mass is 10.1. The minimum absolute atomic E-state index is 0.0616. The highest BCUT2D eigenvalue weighted by atomic mass is 35.5. The highest BCUT2D eigenvalue weighted by Crippen LogP contribution is 2.27. The SMILES string of the molecule is CCOc1ccc(CNC(=O)[C@@H]2CC(=O)N(c3cccc(Cl)c3)C2)cc1. The van der Waals surface area contributed by atoms with Gasteiger partial charge in [0.05, 0.1) is 12.5 Å². The summed E-state index contributed by atoms with van der Waals surface area (Å²) in [5.74, 6) is 0.274. The van der Waals surface area contributed by atoms with E-state index in [-0.39, 0.29) is 24.2 Å². The van der Waals surface area contributed by atoms with Crippen molar-refractivity contribution in [3.8, 4) is 5.75 Å². The predicted octanol–water partition coefficient (Wildman–Crippen LogP) is 3.41. The van der Waals surface area contributed by atoms with Gasteiger partial charge in [-0.1, -0.05) is 29.8 Å². The molecule has 6 heteroatoms. The maximum atomic E-state index is 12.4. The molecule has 136 valence electrons. The molecular formula is C20H21ClN2O3. The molecule has 1 aliphatic heterocycles. The van der Waals surface area contributed by atoms with Gasteiger partial charge in [-0.3, -0.25) is 9.59 Å². The third kappa shape index (κ3) is 4.35. The molecular weight excluding hydrogens is 352 g/mol. The number of ether oxygens (including phenoxy) is 1. The first-order valence-corrected chi connectivity index (χ1v) is 9.00. The van der Waals surface area contributed by atoms with Gasteiger partial charge in [0.2, 0.25) is 11.8 Å². The van der Waals surface area contributed by atoms with Crippen molar-refractivity contribution in [2.45, 2.75) is 19.9 Å². The van der Waals surface area contributed by atoms with Crippen LogP contribution in [0.4, 0.5) is 5.69 Å². The molecule has 1 heterocycles. The fourth-order valence-electron chi connectivity index (χ4n) is 2.98. The molecule has 0 radical (unpaired) electrons. The molecule has 26 heavy (non-hydrogen) atoms. The zero-order chi connectivity index (χ0) is 18.5. The van der Waals surface area contributed by atoms with Crippen molar-refractivity contribution < 1.29 is 14.3 Å². The molecule has 1 saturated heterocycles. The van der Waals surface area contributed by atoms with E-state index in [1.807, 2.05) is 37.3 Å². The third-order valence-corrected chi connectivity index (χ3v) is 4.55. The Balaban J connectivity index is 1.56. The zero-order valence-corrected chi connectivity index (χ0v) is 15.3. The lowest BCUT2D eigenvalue weighted by Gasteiger charge is -2.17. The van der Waals surface area contributed by atoms with Gasteiger partial charge in [-0.25, -0.2) is 0 Å². The van der Waals surface area contributed by atoms with Crippen molar-refractivity contribution in [2.24, 2.45) is 5.92 Å². The van der Waals surface area contributed by atoms with E-state index in [1.54, 1.807) is 23.1 Å². The summed E-state index contributed by atoms with van der Waals surface area (Å²) in [6.07, 6.45) is 0.210. The first-order valence-electron chi connectivity index (χ1n) is 8.62. The van der Waals surface area contributed by atoms with Crippen molar-refractivity contribution in [3.05, 3.63) is 59.1 Å². The number of rotatable bonds is 6. The van der Waals surface area contributed by atoms with E-state index < -0.39 is 0 Å². The summed E-state index contributed by atoms with van der Waals surface area (Å²) in [5, 5.41) is 3.48. The van der Waals surface area contributed by atoms with Crippen LogP contribution in [0.2, 0.25) is 5.02 Å². The highest BCUT2D eigenvalue weighted by molar-refractivity contribution is 6.31. The van der Waals surface area contributed by atoms with Crippen LogP contribution in [0.5, 0.6) is 5.75 Å². The van der Waals surface area contributed by atoms with Crippen molar-refractivity contribution in [1.82, 2.24) is 5.32 Å². The Morgan fingerprint density at radius 3 is 2.73 bits per heavy atom. The van der Waals surface area contributed by atoms with E-state index in [0.717, 1.165) is 17.0 Å². The van der Waals surface area contributed by atoms with E-state index >= 15 is 0 Å². The molecule has 1 atom stereocenters. The molecule has 0 saturated carbocycles. The maximum absolute atomic E-state index is 12.4. The van der Waals surface area contributed by atoms with Gasteiger partial charge < -0.3 is 15.0 Å². The molecule has 3 rings (SSSR count). The first-order chi connectivity index (χ1) is 12.6. The zero-order valence-electron chi connectivity index (χ0n) is 14.6. The molecule has 1 fully saturated rings. The number of amides is 2. The molecule has 0 unspecified atom stereocenters. The summed E-state index contributed by atoms with van der Waals surface area (Å²) in [6.45, 7) is 3.35. The molecule has 2 aromatic carbocycles. The van der Waals surface area contributed by atoms with Crippen LogP contribution in [0.15, 0.2) is 48.5 Å². The fraction of sp³-hybridized carbons (Fsp3) is 0.300. The van der Waals surface area contributed by atoms with Crippen molar-refractivity contribution in [2.75, 3.05) is 18.1 Å². The number of benzene rings is 2. The molecule has 2 aromatic rings. The lowest BCUT2D eigenvalue weighted by Crippen LogP contribution is -2.32. The van der Waals surface area contributed by atoms with Crippen molar-refractivity contribution >= 4 is 29.1 Å². The van der Waals surface area contributed by atoms with Crippen LogP contribution >= 0.6 is 11.6 Å². The molecule has 1 N–H and O–H groups in total. The minimum Gasteiger partial charge on any atom is -0.494 e. The second-order valence-corrected chi connectivity index (χ2v) is 6.62. The average molecular weight is 373 g/mol. The van der Waals surface area contributed by atoms with Gasteiger partial charge in [-0.05, 0) is 42.8 Å². The maximum Gasteiger partial charge on any atom is 0.227 e. The van der Waals surface area contributed by atoms with Crippen LogP contribution in [0.25, 0.3) is 0 Å². The molecule has 0 aromatic heterocycles. The Labute approximate surface area is 157 Å². The molecule has 0 spiro atoms. The Morgan fingerprint density at radius 1 is 1.27 bits per heavy atom. The number of hydrogen-bond acceptors (Lipinski definition) is 3. The van der Waals surface area contributed by atoms with Crippen LogP contribution < -0.4 is 15.0 Å². The van der Waals surface area contributed by atoms with Crippen LogP contribution in [-0.2, 0) is 16.1 Å². The van der Waals surface area contributed by atoms with Crippen LogP contribution in [0.1, 0.15) is 18.9 Å². The number of halogens is 1. The van der Waals surface area contributed by atoms with Gasteiger partial charge in [0.15, 0.2) is 0 Å². The fourth-order valence-corrected chi connectivity index (χ4v) is 3.16. The quantitative estimate of drug-likeness (QED) is 0.845. The van der Waals surface area contributed by atoms with E-state index in [9.17, 15) is 9.59 Å². The molecule has 0 bridgehead atoms. The van der Waals surface area contributed by atoms with E-state index in [0.29, 0.717) is 24.7 Å². The smallest absolute Gasteiger partial charge is 0.227 e. The molecule has 1 aliphatic rings. The molecule has 5 nitrogen and oxygen atoms in total. The number of hydrogen-bond donors (Lipinski definition) is 1. The number of carbonyl (C=O) groups excluding carboxylic acids is 2. The van der Waals surface area contributed by atoms with Gasteiger partial charge >= 0.3 is 0 Å². The van der Waals surface area contributed by atoms with Crippen LogP contribution in [-0.4, -0.2) is 25.0 Å². The molecule has 2 amide bonds. The van der Waals surface area contributed by atoms with Crippen molar-refractivity contribution in [3.63, 3.8) is 0 Å². The predicted molar refractivity (Wildman–Crippen MR) is 101 cm³/mol. The summed E-state index contributed by atoms with van der Waals surface area (Å²) >= 11 is 5.99. The summed E-state index contributed by atoms with van der Waals surface area (Å²) in [7, 11) is 0. The van der Waals surface area contributed by atoms with Crippen molar-refractivity contribution in [1.29, 1.82) is 0 Å². The van der Waals surface area contributed by atoms with Gasteiger partial charge in [-0.15, -0.1) is 0 Å². The Bertz CT molecular complexity index is 792. The number of carbonyl (C=O) groups is 2. The average Bonchev–Trinajstić information content (AvgIpc) is 3.03. The first kappa shape index (κ1) is 18.3. The summed E-state index contributed by atoms with van der Waals surface area (Å²) in [6, 6.07) is 14.7. The Kier molecular flexibility index (Phi) is 5.78. The topological polar surface area (TPSA) is 58.6 Å². The Hall–Kier alpha value is -2.53. The van der Waals surface area contributed by atoms with Crippen LogP contribution in [0, 0.1) is 5.92 Å². The van der Waals surface area contributed by atoms with E-state index in [1.165, 1.54) is 0 Å². The largest absolute Gasteiger partial charge is 0.494 e. The normalized spacial score (nSPS) is 16.6. The second-order valence-electron chi connectivity index (χ2n) is 6.18. The third-order valence-electron chi connectivity index (χ3n) is 4.32. The summed E-state index contributed by atoms with van der Waals surface area (Å²) in [5.41, 5.74) is 1.71. The minimum atomic E-state index is -0.357. The van der Waals surface area contributed by atoms with E-state index in [2.05, 4.69) is 5.32 Å². The van der Waals surface area contributed by atoms with Gasteiger partial charge in [-0.2, -0.15) is 0 Å². The van der Waals surface area contributed by atoms with Crippen LogP contribution in [0.3, 0.4) is 0 Å². The summed E-state index contributed by atoms with van der Waals surface area (Å²) < 4.78 is 5.40. The number of nitrogens with zero attached hydrogens (tertiary/aromatic N) is 1.